The maximum Gasteiger partial charge on any atom is 0.335 e. The quantitative estimate of drug-likeness (QED) is 0.731. The molecule has 0 fully saturated rings. The molecule has 0 aromatic heterocycles. The van der Waals surface area contributed by atoms with Crippen molar-refractivity contribution in [1.82, 2.24) is 0 Å². The summed E-state index contributed by atoms with van der Waals surface area (Å²) in [6.07, 6.45) is 1.73. The average molecular weight is 414 g/mol. The second-order valence-electron chi connectivity index (χ2n) is 6.59. The molecule has 8 heteroatoms. The summed E-state index contributed by atoms with van der Waals surface area (Å²) in [7, 11) is 2.85. The number of ether oxygens (including phenoxy) is 1. The summed E-state index contributed by atoms with van der Waals surface area (Å²) in [4.78, 5) is 25.3. The number of carboxylic acid groups (broad SMARTS) is 1. The van der Waals surface area contributed by atoms with E-state index in [9.17, 15) is 18.4 Å². The van der Waals surface area contributed by atoms with Gasteiger partial charge >= 0.3 is 5.97 Å². The molecule has 2 aromatic rings. The molecule has 30 heavy (non-hydrogen) atoms. The molecule has 1 atom stereocenters. The van der Waals surface area contributed by atoms with Gasteiger partial charge in [-0.1, -0.05) is 18.2 Å². The number of carbonyl (C=O) groups excluding carboxylic acids is 1. The molecule has 0 radical (unpaired) electrons. The van der Waals surface area contributed by atoms with Crippen LogP contribution in [0.1, 0.15) is 16.8 Å². The number of carboxylic acids is 1. The van der Waals surface area contributed by atoms with Gasteiger partial charge in [-0.3, -0.25) is 4.79 Å². The molecular formula is C22H20F2N2O4. The number of methoxy groups -OCH3 is 1. The fraction of sp³-hybridized carbons (Fsp3) is 0.182. The number of carbonyl (C=O) groups is 2. The summed E-state index contributed by atoms with van der Waals surface area (Å²) in [5, 5.41) is 11.8. The van der Waals surface area contributed by atoms with E-state index < -0.39 is 23.9 Å². The molecule has 1 amide bonds. The molecule has 0 aliphatic heterocycles. The van der Waals surface area contributed by atoms with Crippen molar-refractivity contribution in [2.75, 3.05) is 24.4 Å². The Kier molecular flexibility index (Phi) is 6.15. The molecule has 2 N–H and O–H groups in total. The van der Waals surface area contributed by atoms with E-state index in [1.54, 1.807) is 36.4 Å². The predicted octanol–water partition coefficient (Wildman–Crippen LogP) is 4.43. The lowest BCUT2D eigenvalue weighted by atomic mass is 10.00. The zero-order chi connectivity index (χ0) is 21.8. The number of para-hydroxylation sites is 2. The van der Waals surface area contributed by atoms with Crippen molar-refractivity contribution in [3.8, 4) is 0 Å². The molecule has 3 rings (SSSR count). The first-order valence-corrected chi connectivity index (χ1v) is 9.09. The number of benzene rings is 2. The predicted molar refractivity (Wildman–Crippen MR) is 109 cm³/mol. The van der Waals surface area contributed by atoms with Crippen molar-refractivity contribution in [1.29, 1.82) is 0 Å². The highest BCUT2D eigenvalue weighted by Gasteiger charge is 2.30. The Morgan fingerprint density at radius 2 is 1.93 bits per heavy atom. The second-order valence-corrected chi connectivity index (χ2v) is 6.59. The minimum Gasteiger partial charge on any atom is -0.496 e. The van der Waals surface area contributed by atoms with Gasteiger partial charge in [0.1, 0.15) is 17.7 Å². The third-order valence-electron chi connectivity index (χ3n) is 4.70. The normalized spacial score (nSPS) is 15.7. The largest absolute Gasteiger partial charge is 0.496 e. The third-order valence-corrected chi connectivity index (χ3v) is 4.70. The standard InChI is InChI=1S/C22H20F2N2O4/c1-26(21(27)20-14(23)6-5-9-19(20)30-2)18-8-4-3-7-17(18)25-16-11-10-13(22(28)29)12-15(16)24/h3-5,7-12,14,25H,6H2,1-2H3,(H,28,29). The second kappa shape index (κ2) is 8.77. The van der Waals surface area contributed by atoms with Crippen LogP contribution in [0.5, 0.6) is 0 Å². The third kappa shape index (κ3) is 4.17. The molecule has 1 aliphatic rings. The first-order valence-electron chi connectivity index (χ1n) is 9.09. The zero-order valence-corrected chi connectivity index (χ0v) is 16.4. The van der Waals surface area contributed by atoms with Gasteiger partial charge in [-0.2, -0.15) is 0 Å². The number of alkyl halides is 1. The molecule has 0 saturated carbocycles. The van der Waals surface area contributed by atoms with Crippen molar-refractivity contribution in [2.24, 2.45) is 0 Å². The van der Waals surface area contributed by atoms with Gasteiger partial charge in [0, 0.05) is 13.5 Å². The monoisotopic (exact) mass is 414 g/mol. The summed E-state index contributed by atoms with van der Waals surface area (Å²) in [6, 6.07) is 10.1. The summed E-state index contributed by atoms with van der Waals surface area (Å²) in [5.41, 5.74) is 0.533. The van der Waals surface area contributed by atoms with Crippen LogP contribution >= 0.6 is 0 Å². The molecule has 2 aromatic carbocycles. The number of aromatic carboxylic acids is 1. The molecule has 0 bridgehead atoms. The van der Waals surface area contributed by atoms with Crippen molar-refractivity contribution < 1.29 is 28.2 Å². The molecule has 1 aliphatic carbocycles. The summed E-state index contributed by atoms with van der Waals surface area (Å²) in [6.45, 7) is 0. The van der Waals surface area contributed by atoms with E-state index in [1.807, 2.05) is 0 Å². The number of amides is 1. The van der Waals surface area contributed by atoms with Crippen LogP contribution in [0.4, 0.5) is 25.8 Å². The van der Waals surface area contributed by atoms with Crippen LogP contribution in [0.2, 0.25) is 0 Å². The lowest BCUT2D eigenvalue weighted by molar-refractivity contribution is -0.115. The highest BCUT2D eigenvalue weighted by Crippen LogP contribution is 2.32. The van der Waals surface area contributed by atoms with E-state index in [1.165, 1.54) is 31.2 Å². The van der Waals surface area contributed by atoms with Gasteiger partial charge in [-0.15, -0.1) is 0 Å². The Morgan fingerprint density at radius 3 is 2.60 bits per heavy atom. The number of anilines is 3. The van der Waals surface area contributed by atoms with Gasteiger partial charge in [0.25, 0.3) is 5.91 Å². The van der Waals surface area contributed by atoms with E-state index in [4.69, 9.17) is 9.84 Å². The fourth-order valence-corrected chi connectivity index (χ4v) is 3.13. The summed E-state index contributed by atoms with van der Waals surface area (Å²) in [5.74, 6) is -2.42. The van der Waals surface area contributed by atoms with Gasteiger partial charge in [-0.25, -0.2) is 13.6 Å². The number of hydrogen-bond donors (Lipinski definition) is 2. The van der Waals surface area contributed by atoms with Crippen LogP contribution in [0.15, 0.2) is 65.9 Å². The topological polar surface area (TPSA) is 78.9 Å². The van der Waals surface area contributed by atoms with Gasteiger partial charge in [-0.05, 0) is 36.4 Å². The van der Waals surface area contributed by atoms with E-state index in [0.717, 1.165) is 6.07 Å². The van der Waals surface area contributed by atoms with Gasteiger partial charge in [0.15, 0.2) is 0 Å². The maximum absolute atomic E-state index is 14.5. The summed E-state index contributed by atoms with van der Waals surface area (Å²) >= 11 is 0. The number of halogens is 2. The molecule has 0 spiro atoms. The Labute approximate surface area is 172 Å². The number of likely N-dealkylation sites (N-methyl/N-ethyl adjacent to an activating group) is 1. The number of allylic oxidation sites excluding steroid dienone is 2. The van der Waals surface area contributed by atoms with Gasteiger partial charge < -0.3 is 20.1 Å². The zero-order valence-electron chi connectivity index (χ0n) is 16.4. The number of nitrogens with zero attached hydrogens (tertiary/aromatic N) is 1. The van der Waals surface area contributed by atoms with Gasteiger partial charge in [0.05, 0.1) is 35.3 Å². The average Bonchev–Trinajstić information content (AvgIpc) is 2.74. The Balaban J connectivity index is 1.93. The Morgan fingerprint density at radius 1 is 1.20 bits per heavy atom. The Hall–Kier alpha value is -3.68. The molecule has 156 valence electrons. The van der Waals surface area contributed by atoms with Crippen LogP contribution in [-0.4, -0.2) is 37.3 Å². The van der Waals surface area contributed by atoms with Crippen LogP contribution in [0.3, 0.4) is 0 Å². The van der Waals surface area contributed by atoms with Gasteiger partial charge in [0.2, 0.25) is 0 Å². The molecule has 1 unspecified atom stereocenters. The first-order chi connectivity index (χ1) is 14.3. The minimum absolute atomic E-state index is 0.0362. The van der Waals surface area contributed by atoms with Crippen LogP contribution in [-0.2, 0) is 9.53 Å². The molecule has 0 heterocycles. The first kappa shape index (κ1) is 21.0. The highest BCUT2D eigenvalue weighted by molar-refractivity contribution is 6.08. The SMILES string of the molecule is COC1=C(C(=O)N(C)c2ccccc2Nc2ccc(C(=O)O)cc2F)C(F)CC=C1. The molecular weight excluding hydrogens is 394 g/mol. The maximum atomic E-state index is 14.5. The number of hydrogen-bond acceptors (Lipinski definition) is 4. The number of rotatable bonds is 6. The van der Waals surface area contributed by atoms with E-state index in [0.29, 0.717) is 11.4 Å². The Bertz CT molecular complexity index is 1050. The van der Waals surface area contributed by atoms with Crippen molar-refractivity contribution in [2.45, 2.75) is 12.6 Å². The van der Waals surface area contributed by atoms with Crippen molar-refractivity contribution in [3.05, 3.63) is 77.3 Å². The van der Waals surface area contributed by atoms with Crippen LogP contribution in [0.25, 0.3) is 0 Å². The molecule has 0 saturated heterocycles. The summed E-state index contributed by atoms with van der Waals surface area (Å²) < 4.78 is 33.9. The van der Waals surface area contributed by atoms with E-state index in [-0.39, 0.29) is 29.0 Å². The molecule has 6 nitrogen and oxygen atoms in total. The van der Waals surface area contributed by atoms with Crippen molar-refractivity contribution in [3.63, 3.8) is 0 Å². The van der Waals surface area contributed by atoms with Crippen molar-refractivity contribution >= 4 is 28.9 Å². The highest BCUT2D eigenvalue weighted by atomic mass is 19.1. The lowest BCUT2D eigenvalue weighted by Gasteiger charge is -2.25. The van der Waals surface area contributed by atoms with E-state index >= 15 is 0 Å². The lowest BCUT2D eigenvalue weighted by Crippen LogP contribution is -2.33. The number of nitrogens with one attached hydrogen (secondary N) is 1. The van der Waals surface area contributed by atoms with Crippen LogP contribution in [0, 0.1) is 5.82 Å². The smallest absolute Gasteiger partial charge is 0.335 e. The van der Waals surface area contributed by atoms with Crippen LogP contribution < -0.4 is 10.2 Å². The minimum atomic E-state index is -1.50. The van der Waals surface area contributed by atoms with E-state index in [2.05, 4.69) is 5.32 Å². The fourth-order valence-electron chi connectivity index (χ4n) is 3.13.